The van der Waals surface area contributed by atoms with E-state index in [4.69, 9.17) is 10.5 Å². The van der Waals surface area contributed by atoms with Gasteiger partial charge in [0, 0.05) is 25.1 Å². The van der Waals surface area contributed by atoms with Crippen molar-refractivity contribution in [2.75, 3.05) is 42.8 Å². The number of halogens is 2. The van der Waals surface area contributed by atoms with Gasteiger partial charge in [-0.25, -0.2) is 4.79 Å². The van der Waals surface area contributed by atoms with Crippen molar-refractivity contribution >= 4 is 34.9 Å². The zero-order chi connectivity index (χ0) is 23.7. The quantitative estimate of drug-likeness (QED) is 0.406. The van der Waals surface area contributed by atoms with Crippen LogP contribution in [0.4, 0.5) is 26.0 Å². The second-order valence-electron chi connectivity index (χ2n) is 6.84. The molecule has 1 aromatic carbocycles. The molecule has 0 fully saturated rings. The molecule has 0 aliphatic heterocycles. The number of H-pyrrole nitrogens is 1. The molecule has 176 valence electrons. The van der Waals surface area contributed by atoms with Gasteiger partial charge in [0.25, 0.3) is 11.3 Å². The van der Waals surface area contributed by atoms with Crippen molar-refractivity contribution in [1.82, 2.24) is 9.55 Å². The molecule has 0 aliphatic rings. The van der Waals surface area contributed by atoms with Crippen LogP contribution in [0, 0.1) is 0 Å². The van der Waals surface area contributed by atoms with E-state index in [9.17, 15) is 23.2 Å². The van der Waals surface area contributed by atoms with Crippen LogP contribution in [-0.2, 0) is 16.1 Å². The van der Waals surface area contributed by atoms with E-state index >= 15 is 0 Å². The minimum atomic E-state index is -2.64. The maximum Gasteiger partial charge on any atom is 0.330 e. The number of ether oxygens (including phenoxy) is 1. The van der Waals surface area contributed by atoms with Crippen molar-refractivity contribution in [3.8, 4) is 0 Å². The molecule has 1 heterocycles. The van der Waals surface area contributed by atoms with Gasteiger partial charge in [0.1, 0.15) is 11.5 Å². The van der Waals surface area contributed by atoms with Gasteiger partial charge in [-0.3, -0.25) is 19.1 Å². The van der Waals surface area contributed by atoms with Gasteiger partial charge in [-0.15, -0.1) is 0 Å². The van der Waals surface area contributed by atoms with Crippen LogP contribution in [0.15, 0.2) is 38.8 Å². The Kier molecular flexibility index (Phi) is 9.72. The molecule has 0 saturated carbocycles. The van der Waals surface area contributed by atoms with Crippen molar-refractivity contribution in [2.24, 2.45) is 0 Å². The second kappa shape index (κ2) is 12.2. The second-order valence-corrected chi connectivity index (χ2v) is 7.87. The van der Waals surface area contributed by atoms with E-state index in [0.717, 1.165) is 6.42 Å². The molecular formula is C20H27F2N5O4S. The van der Waals surface area contributed by atoms with Gasteiger partial charge >= 0.3 is 5.69 Å². The number of methoxy groups -OCH3 is 1. The third-order valence-electron chi connectivity index (χ3n) is 4.54. The number of carbonyl (C=O) groups is 1. The van der Waals surface area contributed by atoms with Crippen molar-refractivity contribution in [2.45, 2.75) is 37.0 Å². The minimum Gasteiger partial charge on any atom is -0.383 e. The third-order valence-corrected chi connectivity index (χ3v) is 5.33. The number of rotatable bonds is 12. The summed E-state index contributed by atoms with van der Waals surface area (Å²) in [6.45, 7) is 2.27. The van der Waals surface area contributed by atoms with Gasteiger partial charge in [-0.1, -0.05) is 37.2 Å². The minimum absolute atomic E-state index is 0.0249. The Labute approximate surface area is 187 Å². The van der Waals surface area contributed by atoms with Gasteiger partial charge in [-0.2, -0.15) is 8.78 Å². The van der Waals surface area contributed by atoms with E-state index in [1.807, 2.05) is 6.92 Å². The van der Waals surface area contributed by atoms with E-state index in [2.05, 4.69) is 10.3 Å². The summed E-state index contributed by atoms with van der Waals surface area (Å²) in [6.07, 6.45) is 1.49. The maximum atomic E-state index is 12.8. The zero-order valence-electron chi connectivity index (χ0n) is 17.9. The lowest BCUT2D eigenvalue weighted by molar-refractivity contribution is -0.115. The highest BCUT2D eigenvalue weighted by molar-refractivity contribution is 7.99. The van der Waals surface area contributed by atoms with Gasteiger partial charge in [-0.05, 0) is 18.6 Å². The van der Waals surface area contributed by atoms with E-state index in [1.54, 1.807) is 12.1 Å². The Morgan fingerprint density at radius 2 is 2.06 bits per heavy atom. The number of nitrogen functional groups attached to an aromatic ring is 1. The lowest BCUT2D eigenvalue weighted by Gasteiger charge is -2.25. The van der Waals surface area contributed by atoms with Crippen LogP contribution < -0.4 is 27.2 Å². The largest absolute Gasteiger partial charge is 0.383 e. The summed E-state index contributed by atoms with van der Waals surface area (Å²) in [6, 6.07) is 6.18. The third kappa shape index (κ3) is 6.82. The molecule has 0 radical (unpaired) electrons. The van der Waals surface area contributed by atoms with E-state index < -0.39 is 22.9 Å². The summed E-state index contributed by atoms with van der Waals surface area (Å²) in [5.41, 5.74) is 5.00. The number of nitrogens with one attached hydrogen (secondary N) is 2. The van der Waals surface area contributed by atoms with Crippen LogP contribution in [-0.4, -0.2) is 48.0 Å². The Bertz CT molecular complexity index is 1030. The molecule has 0 atom stereocenters. The number of alkyl halides is 2. The van der Waals surface area contributed by atoms with Crippen LogP contribution in [0.1, 0.15) is 19.8 Å². The number of aromatic amines is 1. The molecule has 32 heavy (non-hydrogen) atoms. The average Bonchev–Trinajstić information content (AvgIpc) is 2.72. The lowest BCUT2D eigenvalue weighted by atomic mass is 10.3. The molecule has 0 unspecified atom stereocenters. The molecule has 0 bridgehead atoms. The Morgan fingerprint density at radius 1 is 1.34 bits per heavy atom. The topological polar surface area (TPSA) is 122 Å². The number of benzene rings is 1. The first kappa shape index (κ1) is 25.4. The molecular weight excluding hydrogens is 444 g/mol. The highest BCUT2D eigenvalue weighted by Crippen LogP contribution is 2.31. The smallest absolute Gasteiger partial charge is 0.330 e. The molecule has 9 nitrogen and oxygen atoms in total. The fourth-order valence-electron chi connectivity index (χ4n) is 3.02. The molecule has 2 rings (SSSR count). The van der Waals surface area contributed by atoms with Crippen LogP contribution in [0.5, 0.6) is 0 Å². The van der Waals surface area contributed by atoms with Crippen LogP contribution in [0.25, 0.3) is 0 Å². The number of nitrogens with zero attached hydrogens (tertiary/aromatic N) is 2. The normalized spacial score (nSPS) is 11.0. The average molecular weight is 472 g/mol. The van der Waals surface area contributed by atoms with Gasteiger partial charge < -0.3 is 20.7 Å². The maximum absolute atomic E-state index is 12.8. The molecule has 0 spiro atoms. The van der Waals surface area contributed by atoms with Crippen LogP contribution in [0.3, 0.4) is 0 Å². The van der Waals surface area contributed by atoms with Crippen molar-refractivity contribution in [3.63, 3.8) is 0 Å². The standard InChI is InChI=1S/C20H27F2N5O4S/c1-3-4-9-27-17(23)16(18(29)25-20(27)30)26(10-11-31-2)12-15(28)24-13-7-5-6-8-14(13)32-19(21)22/h5-8,19H,3-4,9-12,23H2,1-2H3,(H,24,28)(H,25,29,30). The molecule has 12 heteroatoms. The van der Waals surface area contributed by atoms with Gasteiger partial charge in [0.2, 0.25) is 5.91 Å². The Morgan fingerprint density at radius 3 is 2.72 bits per heavy atom. The highest BCUT2D eigenvalue weighted by Gasteiger charge is 2.21. The first-order valence-corrected chi connectivity index (χ1v) is 10.9. The zero-order valence-corrected chi connectivity index (χ0v) is 18.7. The van der Waals surface area contributed by atoms with Crippen LogP contribution in [0.2, 0.25) is 0 Å². The van der Waals surface area contributed by atoms with E-state index in [1.165, 1.54) is 28.7 Å². The highest BCUT2D eigenvalue weighted by atomic mass is 32.2. The molecule has 1 amide bonds. The molecule has 4 N–H and O–H groups in total. The predicted octanol–water partition coefficient (Wildman–Crippen LogP) is 2.33. The summed E-state index contributed by atoms with van der Waals surface area (Å²) < 4.78 is 31.9. The molecule has 2 aromatic rings. The van der Waals surface area contributed by atoms with Gasteiger partial charge in [0.05, 0.1) is 18.8 Å². The number of anilines is 3. The first-order valence-electron chi connectivity index (χ1n) is 9.98. The summed E-state index contributed by atoms with van der Waals surface area (Å²) >= 11 is 0.317. The van der Waals surface area contributed by atoms with Crippen molar-refractivity contribution in [1.29, 1.82) is 0 Å². The van der Waals surface area contributed by atoms with Gasteiger partial charge in [0.15, 0.2) is 0 Å². The number of hydrogen-bond acceptors (Lipinski definition) is 7. The lowest BCUT2D eigenvalue weighted by Crippen LogP contribution is -2.42. The number of aromatic nitrogens is 2. The first-order chi connectivity index (χ1) is 15.3. The number of carbonyl (C=O) groups excluding carboxylic acids is 1. The van der Waals surface area contributed by atoms with Crippen LogP contribution >= 0.6 is 11.8 Å². The molecule has 1 aromatic heterocycles. The van der Waals surface area contributed by atoms with Crippen molar-refractivity contribution in [3.05, 3.63) is 45.1 Å². The number of amides is 1. The molecule has 0 aliphatic carbocycles. The predicted molar refractivity (Wildman–Crippen MR) is 122 cm³/mol. The summed E-state index contributed by atoms with van der Waals surface area (Å²) in [4.78, 5) is 41.3. The number of nitrogens with two attached hydrogens (primary N) is 1. The Balaban J connectivity index is 2.33. The fourth-order valence-corrected chi connectivity index (χ4v) is 3.62. The monoisotopic (exact) mass is 471 g/mol. The number of hydrogen-bond donors (Lipinski definition) is 3. The SMILES string of the molecule is CCCCn1c(N)c(N(CCOC)CC(=O)Nc2ccccc2SC(F)F)c(=O)[nH]c1=O. The number of para-hydroxylation sites is 1. The molecule has 0 saturated heterocycles. The van der Waals surface area contributed by atoms with Crippen molar-refractivity contribution < 1.29 is 18.3 Å². The van der Waals surface area contributed by atoms with E-state index in [0.29, 0.717) is 24.7 Å². The fraction of sp³-hybridized carbons (Fsp3) is 0.450. The summed E-state index contributed by atoms with van der Waals surface area (Å²) in [5, 5.41) is 2.59. The number of thioether (sulfide) groups is 1. The summed E-state index contributed by atoms with van der Waals surface area (Å²) in [7, 11) is 1.46. The number of unbranched alkanes of at least 4 members (excludes halogenated alkanes) is 1. The Hall–Kier alpha value is -2.86. The van der Waals surface area contributed by atoms with E-state index in [-0.39, 0.29) is 41.8 Å². The summed E-state index contributed by atoms with van der Waals surface area (Å²) in [5.74, 6) is -3.24.